The number of aromatic nitrogens is 2. The van der Waals surface area contributed by atoms with Crippen LogP contribution in [0.25, 0.3) is 0 Å². The van der Waals surface area contributed by atoms with Gasteiger partial charge in [0.1, 0.15) is 0 Å². The van der Waals surface area contributed by atoms with E-state index in [1.165, 1.54) is 37.4 Å². The Hall–Kier alpha value is -1.84. The minimum Gasteiger partial charge on any atom is -0.494 e. The molecule has 0 bridgehead atoms. The molecule has 0 fully saturated rings. The molecule has 0 N–H and O–H groups in total. The Kier molecular flexibility index (Phi) is 3.23. The number of aryl methyl sites for hydroxylation is 1. The predicted molar refractivity (Wildman–Crippen MR) is 70.9 cm³/mol. The van der Waals surface area contributed by atoms with Crippen molar-refractivity contribution in [3.63, 3.8) is 0 Å². The molecule has 0 radical (unpaired) electrons. The molecule has 0 spiro atoms. The Morgan fingerprint density at radius 2 is 2.16 bits per heavy atom. The molecule has 0 unspecified atom stereocenters. The van der Waals surface area contributed by atoms with E-state index in [0.29, 0.717) is 6.54 Å². The summed E-state index contributed by atoms with van der Waals surface area (Å²) < 4.78 is 20.7. The van der Waals surface area contributed by atoms with Crippen molar-refractivity contribution in [1.29, 1.82) is 0 Å². The van der Waals surface area contributed by atoms with Crippen LogP contribution in [0.2, 0.25) is 0 Å². The van der Waals surface area contributed by atoms with Crippen LogP contribution in [0.4, 0.5) is 4.39 Å². The third kappa shape index (κ3) is 2.35. The van der Waals surface area contributed by atoms with E-state index in [1.807, 2.05) is 12.4 Å². The summed E-state index contributed by atoms with van der Waals surface area (Å²) in [6, 6.07) is 5.11. The molecule has 1 heterocycles. The van der Waals surface area contributed by atoms with E-state index in [4.69, 9.17) is 4.74 Å². The maximum absolute atomic E-state index is 13.7. The summed E-state index contributed by atoms with van der Waals surface area (Å²) in [5.41, 5.74) is 3.45. The van der Waals surface area contributed by atoms with Gasteiger partial charge < -0.3 is 9.30 Å². The van der Waals surface area contributed by atoms with Crippen molar-refractivity contribution < 1.29 is 9.13 Å². The smallest absolute Gasteiger partial charge is 0.165 e. The number of hydrogen-bond donors (Lipinski definition) is 0. The fourth-order valence-electron chi connectivity index (χ4n) is 2.67. The van der Waals surface area contributed by atoms with Gasteiger partial charge in [-0.15, -0.1) is 0 Å². The molecule has 2 aromatic rings. The molecule has 1 aromatic heterocycles. The lowest BCUT2D eigenvalue weighted by Crippen LogP contribution is -2.09. The molecule has 1 aromatic carbocycles. The second-order valence-electron chi connectivity index (χ2n) is 4.94. The molecular weight excluding hydrogens is 243 g/mol. The summed E-state index contributed by atoms with van der Waals surface area (Å²) in [6.07, 6.45) is 6.46. The number of ether oxygens (including phenoxy) is 1. The lowest BCUT2D eigenvalue weighted by atomic mass is 10.0. The van der Waals surface area contributed by atoms with E-state index < -0.39 is 0 Å². The minimum atomic E-state index is -0.311. The fraction of sp³-hybridized carbons (Fsp3) is 0.400. The van der Waals surface area contributed by atoms with Crippen LogP contribution >= 0.6 is 0 Å². The SMILES string of the molecule is COc1ccc(Cn2cnc3c2CCCC3)cc1F. The van der Waals surface area contributed by atoms with Gasteiger partial charge in [0.05, 0.1) is 19.1 Å². The molecule has 0 amide bonds. The van der Waals surface area contributed by atoms with Crippen LogP contribution in [0.3, 0.4) is 0 Å². The van der Waals surface area contributed by atoms with Gasteiger partial charge in [-0.05, 0) is 43.4 Å². The van der Waals surface area contributed by atoms with Crippen LogP contribution in [0.15, 0.2) is 24.5 Å². The highest BCUT2D eigenvalue weighted by Gasteiger charge is 2.15. The quantitative estimate of drug-likeness (QED) is 0.848. The number of halogens is 1. The standard InChI is InChI=1S/C15H17FN2O/c1-19-15-7-6-11(8-12(15)16)9-18-10-17-13-4-2-3-5-14(13)18/h6-8,10H,2-5,9H2,1H3. The summed E-state index contributed by atoms with van der Waals surface area (Å²) in [5, 5.41) is 0. The predicted octanol–water partition coefficient (Wildman–Crippen LogP) is 2.96. The monoisotopic (exact) mass is 260 g/mol. The van der Waals surface area contributed by atoms with E-state index in [9.17, 15) is 4.39 Å². The average molecular weight is 260 g/mol. The number of benzene rings is 1. The van der Waals surface area contributed by atoms with Gasteiger partial charge in [-0.25, -0.2) is 9.37 Å². The van der Waals surface area contributed by atoms with Crippen LogP contribution in [0.5, 0.6) is 5.75 Å². The van der Waals surface area contributed by atoms with Gasteiger partial charge in [-0.1, -0.05) is 6.07 Å². The summed E-state index contributed by atoms with van der Waals surface area (Å²) in [7, 11) is 1.48. The number of hydrogen-bond acceptors (Lipinski definition) is 2. The van der Waals surface area contributed by atoms with Gasteiger partial charge in [-0.3, -0.25) is 0 Å². The number of fused-ring (bicyclic) bond motifs is 1. The Bertz CT molecular complexity index is 592. The zero-order valence-corrected chi connectivity index (χ0v) is 11.0. The fourth-order valence-corrected chi connectivity index (χ4v) is 2.67. The van der Waals surface area contributed by atoms with Crippen molar-refractivity contribution in [1.82, 2.24) is 9.55 Å². The van der Waals surface area contributed by atoms with E-state index in [0.717, 1.165) is 18.4 Å². The summed E-state index contributed by atoms with van der Waals surface area (Å²) >= 11 is 0. The molecular formula is C15H17FN2O. The molecule has 100 valence electrons. The number of rotatable bonds is 3. The molecule has 1 aliphatic carbocycles. The van der Waals surface area contributed by atoms with Gasteiger partial charge in [0, 0.05) is 12.2 Å². The molecule has 0 aliphatic heterocycles. The summed E-state index contributed by atoms with van der Waals surface area (Å²) in [5.74, 6) is -0.0228. The van der Waals surface area contributed by atoms with E-state index in [-0.39, 0.29) is 11.6 Å². The minimum absolute atomic E-state index is 0.288. The number of methoxy groups -OCH3 is 1. The first-order valence-corrected chi connectivity index (χ1v) is 6.63. The van der Waals surface area contributed by atoms with Gasteiger partial charge in [0.25, 0.3) is 0 Å². The van der Waals surface area contributed by atoms with Crippen molar-refractivity contribution in [3.8, 4) is 5.75 Å². The van der Waals surface area contributed by atoms with Gasteiger partial charge in [-0.2, -0.15) is 0 Å². The molecule has 0 atom stereocenters. The molecule has 19 heavy (non-hydrogen) atoms. The summed E-state index contributed by atoms with van der Waals surface area (Å²) in [6.45, 7) is 0.670. The number of nitrogens with zero attached hydrogens (tertiary/aromatic N) is 2. The van der Waals surface area contributed by atoms with Crippen molar-refractivity contribution in [2.45, 2.75) is 32.2 Å². The Morgan fingerprint density at radius 1 is 1.32 bits per heavy atom. The normalized spacial score (nSPS) is 14.2. The van der Waals surface area contributed by atoms with E-state index in [2.05, 4.69) is 9.55 Å². The van der Waals surface area contributed by atoms with Crippen LogP contribution < -0.4 is 4.74 Å². The average Bonchev–Trinajstić information content (AvgIpc) is 2.83. The van der Waals surface area contributed by atoms with Crippen molar-refractivity contribution >= 4 is 0 Å². The maximum Gasteiger partial charge on any atom is 0.165 e. The second kappa shape index (κ2) is 5.03. The second-order valence-corrected chi connectivity index (χ2v) is 4.94. The number of imidazole rings is 1. The topological polar surface area (TPSA) is 27.1 Å². The molecule has 0 saturated heterocycles. The molecule has 1 aliphatic rings. The Balaban J connectivity index is 1.85. The Labute approximate surface area is 112 Å². The lowest BCUT2D eigenvalue weighted by Gasteiger charge is -2.14. The Morgan fingerprint density at radius 3 is 2.95 bits per heavy atom. The zero-order valence-electron chi connectivity index (χ0n) is 11.0. The van der Waals surface area contributed by atoms with Gasteiger partial charge >= 0.3 is 0 Å². The maximum atomic E-state index is 13.7. The van der Waals surface area contributed by atoms with Crippen LogP contribution in [-0.4, -0.2) is 16.7 Å². The first-order chi connectivity index (χ1) is 9.28. The van der Waals surface area contributed by atoms with Crippen LogP contribution in [0, 0.1) is 5.82 Å². The summed E-state index contributed by atoms with van der Waals surface area (Å²) in [4.78, 5) is 4.45. The highest BCUT2D eigenvalue weighted by Crippen LogP contribution is 2.22. The first-order valence-electron chi connectivity index (χ1n) is 6.63. The third-order valence-electron chi connectivity index (χ3n) is 3.68. The van der Waals surface area contributed by atoms with Crippen LogP contribution in [-0.2, 0) is 19.4 Å². The first kappa shape index (κ1) is 12.2. The van der Waals surface area contributed by atoms with Crippen molar-refractivity contribution in [2.75, 3.05) is 7.11 Å². The van der Waals surface area contributed by atoms with Gasteiger partial charge in [0.2, 0.25) is 0 Å². The molecule has 0 saturated carbocycles. The van der Waals surface area contributed by atoms with Crippen molar-refractivity contribution in [2.24, 2.45) is 0 Å². The molecule has 3 rings (SSSR count). The van der Waals surface area contributed by atoms with E-state index in [1.54, 1.807) is 6.07 Å². The van der Waals surface area contributed by atoms with Crippen molar-refractivity contribution in [3.05, 3.63) is 47.3 Å². The lowest BCUT2D eigenvalue weighted by molar-refractivity contribution is 0.386. The molecule has 3 nitrogen and oxygen atoms in total. The zero-order chi connectivity index (χ0) is 13.2. The van der Waals surface area contributed by atoms with Gasteiger partial charge in [0.15, 0.2) is 11.6 Å². The largest absolute Gasteiger partial charge is 0.494 e. The van der Waals surface area contributed by atoms with Crippen LogP contribution in [0.1, 0.15) is 29.8 Å². The highest BCUT2D eigenvalue weighted by molar-refractivity contribution is 5.30. The third-order valence-corrected chi connectivity index (χ3v) is 3.68. The highest BCUT2D eigenvalue weighted by atomic mass is 19.1. The molecule has 4 heteroatoms. The van der Waals surface area contributed by atoms with E-state index >= 15 is 0 Å².